The number of halogens is 2. The van der Waals surface area contributed by atoms with E-state index in [4.69, 9.17) is 11.6 Å². The van der Waals surface area contributed by atoms with Crippen LogP contribution in [0.2, 0.25) is 5.02 Å². The molecule has 20 heavy (non-hydrogen) atoms. The fraction of sp³-hybridized carbons (Fsp3) is 0.562. The van der Waals surface area contributed by atoms with Gasteiger partial charge in [0.25, 0.3) is 0 Å². The molecular weight excluding hydrogens is 277 g/mol. The van der Waals surface area contributed by atoms with E-state index >= 15 is 0 Å². The minimum absolute atomic E-state index is 0.0290. The van der Waals surface area contributed by atoms with Crippen molar-refractivity contribution in [1.29, 1.82) is 0 Å². The summed E-state index contributed by atoms with van der Waals surface area (Å²) in [4.78, 5) is 12.3. The monoisotopic (exact) mass is 295 g/mol. The Labute approximate surface area is 123 Å². The first-order valence-corrected chi connectivity index (χ1v) is 7.64. The molecule has 1 spiro atoms. The molecule has 0 heterocycles. The van der Waals surface area contributed by atoms with Crippen LogP contribution in [0.1, 0.15) is 39.0 Å². The fourth-order valence-electron chi connectivity index (χ4n) is 3.41. The number of rotatable bonds is 2. The molecule has 0 radical (unpaired) electrons. The first-order chi connectivity index (χ1) is 9.50. The van der Waals surface area contributed by atoms with Gasteiger partial charge in [-0.15, -0.1) is 0 Å². The third-order valence-corrected chi connectivity index (χ3v) is 5.27. The zero-order chi connectivity index (χ0) is 14.3. The average molecular weight is 296 g/mol. The van der Waals surface area contributed by atoms with E-state index in [1.54, 1.807) is 6.07 Å². The topological polar surface area (TPSA) is 29.1 Å². The number of carbonyl (C=O) groups is 1. The highest BCUT2D eigenvalue weighted by Gasteiger charge is 2.58. The van der Waals surface area contributed by atoms with Crippen LogP contribution >= 0.6 is 11.6 Å². The smallest absolute Gasteiger partial charge is 0.228 e. The summed E-state index contributed by atoms with van der Waals surface area (Å²) in [5.74, 6) is 0.423. The van der Waals surface area contributed by atoms with Gasteiger partial charge in [0.15, 0.2) is 0 Å². The molecule has 1 aromatic carbocycles. The SMILES string of the molecule is CC1CCC2(CC1)CC2C(=O)Nc1ccc(Cl)c(F)c1. The van der Waals surface area contributed by atoms with Crippen LogP contribution in [0.25, 0.3) is 0 Å². The molecule has 1 amide bonds. The number of hydrogen-bond acceptors (Lipinski definition) is 1. The van der Waals surface area contributed by atoms with E-state index in [1.165, 1.54) is 25.0 Å². The Hall–Kier alpha value is -1.09. The van der Waals surface area contributed by atoms with Gasteiger partial charge in [-0.2, -0.15) is 0 Å². The number of amides is 1. The summed E-state index contributed by atoms with van der Waals surface area (Å²) < 4.78 is 13.4. The first kappa shape index (κ1) is 13.9. The normalized spacial score (nSPS) is 32.1. The second-order valence-electron chi connectivity index (χ2n) is 6.42. The molecule has 0 aliphatic heterocycles. The van der Waals surface area contributed by atoms with Crippen LogP contribution in [-0.4, -0.2) is 5.91 Å². The van der Waals surface area contributed by atoms with E-state index in [1.807, 2.05) is 0 Å². The molecule has 1 atom stereocenters. The van der Waals surface area contributed by atoms with E-state index in [0.717, 1.165) is 25.2 Å². The lowest BCUT2D eigenvalue weighted by atomic mass is 9.79. The molecule has 2 saturated carbocycles. The molecule has 0 aromatic heterocycles. The summed E-state index contributed by atoms with van der Waals surface area (Å²) in [6.45, 7) is 2.28. The number of nitrogens with one attached hydrogen (secondary N) is 1. The second kappa shape index (κ2) is 5.03. The van der Waals surface area contributed by atoms with Crippen molar-refractivity contribution >= 4 is 23.2 Å². The molecule has 0 bridgehead atoms. The molecule has 2 aliphatic rings. The van der Waals surface area contributed by atoms with Crippen LogP contribution < -0.4 is 5.32 Å². The highest BCUT2D eigenvalue weighted by atomic mass is 35.5. The van der Waals surface area contributed by atoms with Gasteiger partial charge in [-0.25, -0.2) is 4.39 Å². The predicted octanol–water partition coefficient (Wildman–Crippen LogP) is 4.63. The highest BCUT2D eigenvalue weighted by Crippen LogP contribution is 2.62. The Bertz CT molecular complexity index is 537. The maximum absolute atomic E-state index is 13.4. The van der Waals surface area contributed by atoms with Crippen LogP contribution in [0.4, 0.5) is 10.1 Å². The van der Waals surface area contributed by atoms with E-state index in [2.05, 4.69) is 12.2 Å². The molecule has 2 aliphatic carbocycles. The lowest BCUT2D eigenvalue weighted by Gasteiger charge is -2.26. The molecule has 3 rings (SSSR count). The molecule has 1 aromatic rings. The summed E-state index contributed by atoms with van der Waals surface area (Å²) in [5.41, 5.74) is 0.727. The van der Waals surface area contributed by atoms with E-state index in [9.17, 15) is 9.18 Å². The predicted molar refractivity (Wildman–Crippen MR) is 78.2 cm³/mol. The Kier molecular flexibility index (Phi) is 3.49. The Morgan fingerprint density at radius 1 is 1.40 bits per heavy atom. The highest BCUT2D eigenvalue weighted by molar-refractivity contribution is 6.30. The molecule has 1 unspecified atom stereocenters. The summed E-state index contributed by atoms with van der Waals surface area (Å²) in [6, 6.07) is 4.39. The van der Waals surface area contributed by atoms with Crippen LogP contribution in [0, 0.1) is 23.1 Å². The molecular formula is C16H19ClFNO. The van der Waals surface area contributed by atoms with Crippen LogP contribution in [-0.2, 0) is 4.79 Å². The van der Waals surface area contributed by atoms with Gasteiger partial charge in [-0.05, 0) is 48.8 Å². The minimum Gasteiger partial charge on any atom is -0.326 e. The van der Waals surface area contributed by atoms with Crippen molar-refractivity contribution < 1.29 is 9.18 Å². The van der Waals surface area contributed by atoms with Gasteiger partial charge in [0, 0.05) is 11.6 Å². The van der Waals surface area contributed by atoms with Gasteiger partial charge in [-0.1, -0.05) is 31.4 Å². The van der Waals surface area contributed by atoms with E-state index < -0.39 is 5.82 Å². The van der Waals surface area contributed by atoms with E-state index in [-0.39, 0.29) is 22.3 Å². The number of benzene rings is 1. The first-order valence-electron chi connectivity index (χ1n) is 7.26. The van der Waals surface area contributed by atoms with Crippen molar-refractivity contribution in [2.75, 3.05) is 5.32 Å². The maximum atomic E-state index is 13.4. The Morgan fingerprint density at radius 3 is 2.75 bits per heavy atom. The van der Waals surface area contributed by atoms with E-state index in [0.29, 0.717) is 5.69 Å². The van der Waals surface area contributed by atoms with Crippen LogP contribution in [0.5, 0.6) is 0 Å². The number of hydrogen-bond donors (Lipinski definition) is 1. The van der Waals surface area contributed by atoms with Gasteiger partial charge in [0.2, 0.25) is 5.91 Å². The summed E-state index contributed by atoms with van der Waals surface area (Å²) in [6.07, 6.45) is 5.74. The van der Waals surface area contributed by atoms with Crippen molar-refractivity contribution in [1.82, 2.24) is 0 Å². The minimum atomic E-state index is -0.499. The summed E-state index contributed by atoms with van der Waals surface area (Å²) in [7, 11) is 0. The molecule has 0 saturated heterocycles. The van der Waals surface area contributed by atoms with Crippen LogP contribution in [0.15, 0.2) is 18.2 Å². The Balaban J connectivity index is 1.62. The maximum Gasteiger partial charge on any atom is 0.228 e. The van der Waals surface area contributed by atoms with Gasteiger partial charge < -0.3 is 5.32 Å². The largest absolute Gasteiger partial charge is 0.326 e. The van der Waals surface area contributed by atoms with Gasteiger partial charge in [-0.3, -0.25) is 4.79 Å². The zero-order valence-electron chi connectivity index (χ0n) is 11.6. The lowest BCUT2D eigenvalue weighted by Crippen LogP contribution is -2.22. The van der Waals surface area contributed by atoms with Crippen molar-refractivity contribution in [3.63, 3.8) is 0 Å². The van der Waals surface area contributed by atoms with Crippen molar-refractivity contribution in [3.8, 4) is 0 Å². The van der Waals surface area contributed by atoms with Gasteiger partial charge in [0.05, 0.1) is 5.02 Å². The second-order valence-corrected chi connectivity index (χ2v) is 6.83. The van der Waals surface area contributed by atoms with Crippen molar-refractivity contribution in [3.05, 3.63) is 29.0 Å². The van der Waals surface area contributed by atoms with Gasteiger partial charge >= 0.3 is 0 Å². The molecule has 2 nitrogen and oxygen atoms in total. The fourth-order valence-corrected chi connectivity index (χ4v) is 3.53. The van der Waals surface area contributed by atoms with Gasteiger partial charge in [0.1, 0.15) is 5.82 Å². The van der Waals surface area contributed by atoms with Crippen molar-refractivity contribution in [2.24, 2.45) is 17.3 Å². The third-order valence-electron chi connectivity index (χ3n) is 4.96. The molecule has 108 valence electrons. The number of anilines is 1. The zero-order valence-corrected chi connectivity index (χ0v) is 12.3. The molecule has 4 heteroatoms. The average Bonchev–Trinajstić information content (AvgIpc) is 3.12. The van der Waals surface area contributed by atoms with Crippen molar-refractivity contribution in [2.45, 2.75) is 39.0 Å². The standard InChI is InChI=1S/C16H19ClFNO/c1-10-4-6-16(7-5-10)9-12(16)15(20)19-11-2-3-13(17)14(18)8-11/h2-3,8,10,12H,4-7,9H2,1H3,(H,19,20). The molecule has 1 N–H and O–H groups in total. The molecule has 2 fully saturated rings. The quantitative estimate of drug-likeness (QED) is 0.846. The summed E-state index contributed by atoms with van der Waals surface area (Å²) >= 11 is 5.63. The van der Waals surface area contributed by atoms with Crippen LogP contribution in [0.3, 0.4) is 0 Å². The lowest BCUT2D eigenvalue weighted by molar-refractivity contribution is -0.118. The summed E-state index contributed by atoms with van der Waals surface area (Å²) in [5, 5.41) is 2.89. The number of carbonyl (C=O) groups excluding carboxylic acids is 1. The Morgan fingerprint density at radius 2 is 2.10 bits per heavy atom. The third kappa shape index (κ3) is 2.56.